The lowest BCUT2D eigenvalue weighted by atomic mass is 9.83. The molecule has 2 aromatic carbocycles. The summed E-state index contributed by atoms with van der Waals surface area (Å²) >= 11 is 2.17. The second-order valence-corrected chi connectivity index (χ2v) is 7.46. The minimum atomic E-state index is -0.752. The minimum Gasteiger partial charge on any atom is -0.462 e. The smallest absolute Gasteiger partial charge is 0.340 e. The van der Waals surface area contributed by atoms with Crippen molar-refractivity contribution in [1.29, 1.82) is 0 Å². The molecule has 0 bridgehead atoms. The normalized spacial score (nSPS) is 15.9. The standard InChI is InChI=1S/C21H16INO5/c1-2-26-20(25)17-15(11-6-5-7-12(22)10-11)16-18(24)13-8-3-4-9-14(13)27-21(16)28-19(17)23/h3-10,15H,2,23H2,1H3/t15-/m1/s1. The number of benzene rings is 2. The second-order valence-electron chi connectivity index (χ2n) is 6.22. The first-order chi connectivity index (χ1) is 13.5. The fraction of sp³-hybridized carbons (Fsp3) is 0.143. The van der Waals surface area contributed by atoms with E-state index in [0.29, 0.717) is 11.0 Å². The van der Waals surface area contributed by atoms with Gasteiger partial charge in [0, 0.05) is 3.57 Å². The molecule has 2 heterocycles. The molecule has 6 nitrogen and oxygen atoms in total. The average molecular weight is 489 g/mol. The first-order valence-corrected chi connectivity index (χ1v) is 9.75. The highest BCUT2D eigenvalue weighted by molar-refractivity contribution is 14.1. The summed E-state index contributed by atoms with van der Waals surface area (Å²) in [7, 11) is 0. The second kappa shape index (κ2) is 7.31. The number of hydrogen-bond acceptors (Lipinski definition) is 6. The molecule has 0 radical (unpaired) electrons. The molecule has 1 aliphatic heterocycles. The number of esters is 1. The van der Waals surface area contributed by atoms with Crippen LogP contribution in [0.1, 0.15) is 24.0 Å². The van der Waals surface area contributed by atoms with Crippen LogP contribution in [0.2, 0.25) is 0 Å². The van der Waals surface area contributed by atoms with Crippen molar-refractivity contribution in [3.8, 4) is 5.95 Å². The number of nitrogens with two attached hydrogens (primary N) is 1. The molecule has 1 aliphatic rings. The summed E-state index contributed by atoms with van der Waals surface area (Å²) in [4.78, 5) is 26.0. The Labute approximate surface area is 174 Å². The lowest BCUT2D eigenvalue weighted by Crippen LogP contribution is -2.31. The molecule has 7 heteroatoms. The fourth-order valence-electron chi connectivity index (χ4n) is 3.35. The van der Waals surface area contributed by atoms with Crippen LogP contribution >= 0.6 is 22.6 Å². The van der Waals surface area contributed by atoms with E-state index in [1.54, 1.807) is 31.2 Å². The number of ether oxygens (including phenoxy) is 2. The van der Waals surface area contributed by atoms with E-state index in [2.05, 4.69) is 22.6 Å². The number of carbonyl (C=O) groups is 1. The van der Waals surface area contributed by atoms with Crippen LogP contribution in [0.3, 0.4) is 0 Å². The molecule has 4 rings (SSSR count). The van der Waals surface area contributed by atoms with Gasteiger partial charge in [-0.1, -0.05) is 24.3 Å². The van der Waals surface area contributed by atoms with Gasteiger partial charge in [0.1, 0.15) is 11.2 Å². The molecule has 1 atom stereocenters. The summed E-state index contributed by atoms with van der Waals surface area (Å²) in [5, 5.41) is 0.407. The fourth-order valence-corrected chi connectivity index (χ4v) is 3.92. The summed E-state index contributed by atoms with van der Waals surface area (Å²) in [6, 6.07) is 14.4. The molecule has 0 unspecified atom stereocenters. The van der Waals surface area contributed by atoms with E-state index in [9.17, 15) is 9.59 Å². The maximum atomic E-state index is 13.3. The highest BCUT2D eigenvalue weighted by Crippen LogP contribution is 2.42. The van der Waals surface area contributed by atoms with Gasteiger partial charge in [-0.2, -0.15) is 0 Å². The predicted octanol–water partition coefficient (Wildman–Crippen LogP) is 3.66. The third-order valence-electron chi connectivity index (χ3n) is 4.52. The molecular formula is C21H16INO5. The number of halogens is 1. The van der Waals surface area contributed by atoms with Crippen molar-refractivity contribution in [2.45, 2.75) is 12.8 Å². The number of rotatable bonds is 3. The number of fused-ring (bicyclic) bond motifs is 2. The SMILES string of the molecule is CCOC(=O)C1=C(N)Oc2oc3ccccc3c(=O)c2[C@H]1c1cccc(I)c1. The van der Waals surface area contributed by atoms with E-state index < -0.39 is 11.9 Å². The molecule has 0 saturated heterocycles. The van der Waals surface area contributed by atoms with Gasteiger partial charge in [0.05, 0.1) is 23.5 Å². The molecular weight excluding hydrogens is 473 g/mol. The number of hydrogen-bond donors (Lipinski definition) is 1. The molecule has 0 amide bonds. The van der Waals surface area contributed by atoms with Crippen LogP contribution in [0.5, 0.6) is 5.95 Å². The van der Waals surface area contributed by atoms with Crippen molar-refractivity contribution in [1.82, 2.24) is 0 Å². The van der Waals surface area contributed by atoms with Gasteiger partial charge in [0.2, 0.25) is 11.3 Å². The van der Waals surface area contributed by atoms with Crippen LogP contribution in [-0.4, -0.2) is 12.6 Å². The van der Waals surface area contributed by atoms with E-state index in [0.717, 1.165) is 9.13 Å². The summed E-state index contributed by atoms with van der Waals surface area (Å²) in [5.74, 6) is -1.51. The Hall–Kier alpha value is -2.81. The molecule has 0 spiro atoms. The lowest BCUT2D eigenvalue weighted by molar-refractivity contribution is -0.139. The Kier molecular flexibility index (Phi) is 4.84. The van der Waals surface area contributed by atoms with Crippen molar-refractivity contribution in [3.05, 3.63) is 84.9 Å². The van der Waals surface area contributed by atoms with Crippen LogP contribution in [0, 0.1) is 3.57 Å². The van der Waals surface area contributed by atoms with E-state index in [-0.39, 0.29) is 35.0 Å². The third kappa shape index (κ3) is 3.05. The van der Waals surface area contributed by atoms with Gasteiger partial charge in [0.25, 0.3) is 5.95 Å². The maximum absolute atomic E-state index is 13.3. The molecule has 0 saturated carbocycles. The van der Waals surface area contributed by atoms with Gasteiger partial charge in [-0.25, -0.2) is 4.79 Å². The quantitative estimate of drug-likeness (QED) is 0.446. The highest BCUT2D eigenvalue weighted by Gasteiger charge is 2.39. The first-order valence-electron chi connectivity index (χ1n) is 8.67. The molecule has 2 N–H and O–H groups in total. The van der Waals surface area contributed by atoms with E-state index in [1.807, 2.05) is 24.3 Å². The molecule has 0 fully saturated rings. The summed E-state index contributed by atoms with van der Waals surface area (Å²) in [6.07, 6.45) is 0. The molecule has 142 valence electrons. The van der Waals surface area contributed by atoms with Crippen LogP contribution < -0.4 is 15.9 Å². The van der Waals surface area contributed by atoms with Gasteiger partial charge < -0.3 is 19.6 Å². The van der Waals surface area contributed by atoms with Gasteiger partial charge in [-0.15, -0.1) is 0 Å². The van der Waals surface area contributed by atoms with E-state index in [1.165, 1.54) is 0 Å². The van der Waals surface area contributed by atoms with Crippen LogP contribution in [0.15, 0.2) is 69.2 Å². The Morgan fingerprint density at radius 2 is 2.00 bits per heavy atom. The van der Waals surface area contributed by atoms with Gasteiger partial charge in [-0.05, 0) is 59.3 Å². The monoisotopic (exact) mass is 489 g/mol. The Morgan fingerprint density at radius 1 is 1.21 bits per heavy atom. The largest absolute Gasteiger partial charge is 0.462 e. The van der Waals surface area contributed by atoms with Crippen molar-refractivity contribution < 1.29 is 18.7 Å². The average Bonchev–Trinajstić information content (AvgIpc) is 2.67. The van der Waals surface area contributed by atoms with Crippen LogP contribution in [0.4, 0.5) is 0 Å². The number of para-hydroxylation sites is 1. The van der Waals surface area contributed by atoms with Crippen LogP contribution in [-0.2, 0) is 9.53 Å². The summed E-state index contributed by atoms with van der Waals surface area (Å²) in [6.45, 7) is 1.88. The van der Waals surface area contributed by atoms with Crippen molar-refractivity contribution in [3.63, 3.8) is 0 Å². The zero-order chi connectivity index (χ0) is 19.8. The van der Waals surface area contributed by atoms with Crippen molar-refractivity contribution >= 4 is 39.5 Å². The zero-order valence-corrected chi connectivity index (χ0v) is 17.1. The molecule has 3 aromatic rings. The van der Waals surface area contributed by atoms with Crippen molar-refractivity contribution in [2.24, 2.45) is 5.73 Å². The summed E-state index contributed by atoms with van der Waals surface area (Å²) in [5.41, 5.74) is 7.26. The molecule has 1 aromatic heterocycles. The highest BCUT2D eigenvalue weighted by atomic mass is 127. The van der Waals surface area contributed by atoms with Crippen LogP contribution in [0.25, 0.3) is 11.0 Å². The molecule has 0 aliphatic carbocycles. The van der Waals surface area contributed by atoms with Gasteiger partial charge in [0.15, 0.2) is 0 Å². The lowest BCUT2D eigenvalue weighted by Gasteiger charge is -2.27. The first kappa shape index (κ1) is 18.5. The Balaban J connectivity index is 2.04. The Bertz CT molecular complexity index is 1180. The van der Waals surface area contributed by atoms with Gasteiger partial charge >= 0.3 is 5.97 Å². The maximum Gasteiger partial charge on any atom is 0.340 e. The van der Waals surface area contributed by atoms with E-state index >= 15 is 0 Å². The third-order valence-corrected chi connectivity index (χ3v) is 5.19. The zero-order valence-electron chi connectivity index (χ0n) is 14.9. The topological polar surface area (TPSA) is 91.8 Å². The Morgan fingerprint density at radius 3 is 2.75 bits per heavy atom. The molecule has 28 heavy (non-hydrogen) atoms. The predicted molar refractivity (Wildman–Crippen MR) is 112 cm³/mol. The number of carbonyl (C=O) groups excluding carboxylic acids is 1. The summed E-state index contributed by atoms with van der Waals surface area (Å²) < 4.78 is 17.5. The van der Waals surface area contributed by atoms with Gasteiger partial charge in [-0.3, -0.25) is 4.79 Å². The van der Waals surface area contributed by atoms with E-state index in [4.69, 9.17) is 19.6 Å². The van der Waals surface area contributed by atoms with Crippen molar-refractivity contribution in [2.75, 3.05) is 6.61 Å². The minimum absolute atomic E-state index is 0.00175.